The first-order valence-electron chi connectivity index (χ1n) is 7.69. The lowest BCUT2D eigenvalue weighted by atomic mass is 10.1. The standard InChI is InChI=1S/C17H21N3O2/c1-22-16(21)8-7-14-6-5-13-3-2-4-15(17(13)19-14)20-11-9-18-10-12-20/h2-6,18H,7-12H2,1H3. The molecule has 0 atom stereocenters. The van der Waals surface area contributed by atoms with Crippen molar-refractivity contribution in [1.29, 1.82) is 0 Å². The van der Waals surface area contributed by atoms with E-state index >= 15 is 0 Å². The number of methoxy groups -OCH3 is 1. The number of anilines is 1. The van der Waals surface area contributed by atoms with Crippen molar-refractivity contribution in [3.05, 3.63) is 36.0 Å². The van der Waals surface area contributed by atoms with Crippen molar-refractivity contribution in [2.45, 2.75) is 12.8 Å². The van der Waals surface area contributed by atoms with Crippen LogP contribution < -0.4 is 10.2 Å². The van der Waals surface area contributed by atoms with Gasteiger partial charge in [0.1, 0.15) is 0 Å². The molecule has 2 heterocycles. The predicted octanol–water partition coefficient (Wildman–Crippen LogP) is 1.75. The summed E-state index contributed by atoms with van der Waals surface area (Å²) in [5.41, 5.74) is 3.13. The number of aromatic nitrogens is 1. The summed E-state index contributed by atoms with van der Waals surface area (Å²) in [6.45, 7) is 3.98. The smallest absolute Gasteiger partial charge is 0.305 e. The van der Waals surface area contributed by atoms with E-state index in [1.54, 1.807) is 0 Å². The largest absolute Gasteiger partial charge is 0.469 e. The molecular weight excluding hydrogens is 278 g/mol. The lowest BCUT2D eigenvalue weighted by molar-refractivity contribution is -0.140. The molecule has 1 aromatic carbocycles. The summed E-state index contributed by atoms with van der Waals surface area (Å²) in [4.78, 5) is 18.5. The highest BCUT2D eigenvalue weighted by molar-refractivity contribution is 5.91. The average molecular weight is 299 g/mol. The zero-order valence-electron chi connectivity index (χ0n) is 12.8. The Balaban J connectivity index is 1.89. The van der Waals surface area contributed by atoms with Crippen LogP contribution in [0.5, 0.6) is 0 Å². The number of esters is 1. The minimum atomic E-state index is -0.197. The Morgan fingerprint density at radius 1 is 1.27 bits per heavy atom. The van der Waals surface area contributed by atoms with E-state index in [0.717, 1.165) is 42.8 Å². The summed E-state index contributed by atoms with van der Waals surface area (Å²) in [6, 6.07) is 10.4. The molecule has 116 valence electrons. The molecule has 0 spiro atoms. The number of aryl methyl sites for hydroxylation is 1. The van der Waals surface area contributed by atoms with Crippen molar-refractivity contribution in [2.75, 3.05) is 38.2 Å². The molecule has 5 nitrogen and oxygen atoms in total. The second-order valence-electron chi connectivity index (χ2n) is 5.46. The Labute approximate surface area is 130 Å². The van der Waals surface area contributed by atoms with Crippen molar-refractivity contribution >= 4 is 22.6 Å². The van der Waals surface area contributed by atoms with E-state index in [0.29, 0.717) is 12.8 Å². The molecule has 0 aliphatic carbocycles. The van der Waals surface area contributed by atoms with Crippen molar-refractivity contribution in [3.63, 3.8) is 0 Å². The molecule has 5 heteroatoms. The Bertz CT molecular complexity index is 666. The molecule has 2 aromatic rings. The van der Waals surface area contributed by atoms with Gasteiger partial charge in [0.05, 0.1) is 24.7 Å². The highest BCUT2D eigenvalue weighted by Gasteiger charge is 2.14. The van der Waals surface area contributed by atoms with Crippen LogP contribution in [0, 0.1) is 0 Å². The summed E-state index contributed by atoms with van der Waals surface area (Å²) in [5, 5.41) is 4.51. The van der Waals surface area contributed by atoms with E-state index in [1.807, 2.05) is 6.07 Å². The van der Waals surface area contributed by atoms with Gasteiger partial charge < -0.3 is 15.0 Å². The Hall–Kier alpha value is -2.14. The minimum absolute atomic E-state index is 0.197. The van der Waals surface area contributed by atoms with Gasteiger partial charge >= 0.3 is 5.97 Å². The number of hydrogen-bond acceptors (Lipinski definition) is 5. The van der Waals surface area contributed by atoms with Crippen LogP contribution in [0.3, 0.4) is 0 Å². The molecule has 22 heavy (non-hydrogen) atoms. The fourth-order valence-electron chi connectivity index (χ4n) is 2.80. The van der Waals surface area contributed by atoms with Crippen molar-refractivity contribution in [1.82, 2.24) is 10.3 Å². The van der Waals surface area contributed by atoms with Crippen LogP contribution >= 0.6 is 0 Å². The fourth-order valence-corrected chi connectivity index (χ4v) is 2.80. The number of benzene rings is 1. The molecular formula is C17H21N3O2. The van der Waals surface area contributed by atoms with E-state index in [-0.39, 0.29) is 5.97 Å². The lowest BCUT2D eigenvalue weighted by Crippen LogP contribution is -2.43. The zero-order chi connectivity index (χ0) is 15.4. The molecule has 3 rings (SSSR count). The maximum atomic E-state index is 11.3. The quantitative estimate of drug-likeness (QED) is 0.872. The normalized spacial score (nSPS) is 15.0. The van der Waals surface area contributed by atoms with Gasteiger partial charge in [-0.3, -0.25) is 9.78 Å². The summed E-state index contributed by atoms with van der Waals surface area (Å²) in [5.74, 6) is -0.197. The maximum absolute atomic E-state index is 11.3. The van der Waals surface area contributed by atoms with Crippen LogP contribution in [0.2, 0.25) is 0 Å². The average Bonchev–Trinajstić information content (AvgIpc) is 2.59. The Morgan fingerprint density at radius 2 is 2.09 bits per heavy atom. The first-order valence-corrected chi connectivity index (χ1v) is 7.69. The second kappa shape index (κ2) is 6.75. The zero-order valence-corrected chi connectivity index (χ0v) is 12.8. The number of para-hydroxylation sites is 1. The molecule has 0 amide bonds. The number of carbonyl (C=O) groups is 1. The van der Waals surface area contributed by atoms with Crippen molar-refractivity contribution in [2.24, 2.45) is 0 Å². The van der Waals surface area contributed by atoms with Crippen molar-refractivity contribution < 1.29 is 9.53 Å². The highest BCUT2D eigenvalue weighted by Crippen LogP contribution is 2.26. The Morgan fingerprint density at radius 3 is 2.86 bits per heavy atom. The van der Waals surface area contributed by atoms with Gasteiger partial charge in [0.25, 0.3) is 0 Å². The number of piperazine rings is 1. The third-order valence-electron chi connectivity index (χ3n) is 4.03. The van der Waals surface area contributed by atoms with E-state index in [2.05, 4.69) is 34.5 Å². The summed E-state index contributed by atoms with van der Waals surface area (Å²) in [7, 11) is 1.42. The van der Waals surface area contributed by atoms with Gasteiger partial charge in [-0.05, 0) is 12.1 Å². The summed E-state index contributed by atoms with van der Waals surface area (Å²) in [6.07, 6.45) is 0.976. The summed E-state index contributed by atoms with van der Waals surface area (Å²) >= 11 is 0. The van der Waals surface area contributed by atoms with Gasteiger partial charge in [-0.1, -0.05) is 18.2 Å². The molecule has 0 radical (unpaired) electrons. The monoisotopic (exact) mass is 299 g/mol. The van der Waals surface area contributed by atoms with E-state index in [4.69, 9.17) is 9.72 Å². The van der Waals surface area contributed by atoms with Gasteiger partial charge in [0, 0.05) is 43.7 Å². The SMILES string of the molecule is COC(=O)CCc1ccc2cccc(N3CCNCC3)c2n1. The van der Waals surface area contributed by atoms with Crippen LogP contribution in [-0.2, 0) is 16.0 Å². The van der Waals surface area contributed by atoms with E-state index < -0.39 is 0 Å². The fraction of sp³-hybridized carbons (Fsp3) is 0.412. The molecule has 1 fully saturated rings. The van der Waals surface area contributed by atoms with Crippen molar-refractivity contribution in [3.8, 4) is 0 Å². The third-order valence-corrected chi connectivity index (χ3v) is 4.03. The van der Waals surface area contributed by atoms with E-state index in [9.17, 15) is 4.79 Å². The van der Waals surface area contributed by atoms with E-state index in [1.165, 1.54) is 12.8 Å². The molecule has 1 N–H and O–H groups in total. The van der Waals surface area contributed by atoms with Gasteiger partial charge in [-0.25, -0.2) is 0 Å². The van der Waals surface area contributed by atoms with Crippen LogP contribution in [0.15, 0.2) is 30.3 Å². The highest BCUT2D eigenvalue weighted by atomic mass is 16.5. The van der Waals surface area contributed by atoms with Crippen LogP contribution in [0.25, 0.3) is 10.9 Å². The summed E-state index contributed by atoms with van der Waals surface area (Å²) < 4.78 is 4.70. The second-order valence-corrected chi connectivity index (χ2v) is 5.46. The number of ether oxygens (including phenoxy) is 1. The molecule has 0 saturated carbocycles. The molecule has 1 aliphatic rings. The first kappa shape index (κ1) is 14.8. The van der Waals surface area contributed by atoms with Crippen LogP contribution in [0.1, 0.15) is 12.1 Å². The number of carbonyl (C=O) groups excluding carboxylic acids is 1. The third kappa shape index (κ3) is 3.20. The predicted molar refractivity (Wildman–Crippen MR) is 87.2 cm³/mol. The molecule has 1 aromatic heterocycles. The molecule has 0 unspecified atom stereocenters. The lowest BCUT2D eigenvalue weighted by Gasteiger charge is -2.30. The number of nitrogens with one attached hydrogen (secondary N) is 1. The van der Waals surface area contributed by atoms with Gasteiger partial charge in [-0.15, -0.1) is 0 Å². The number of fused-ring (bicyclic) bond motifs is 1. The molecule has 1 aliphatic heterocycles. The number of nitrogens with zero attached hydrogens (tertiary/aromatic N) is 2. The topological polar surface area (TPSA) is 54.5 Å². The molecule has 0 bridgehead atoms. The minimum Gasteiger partial charge on any atom is -0.469 e. The first-order chi connectivity index (χ1) is 10.8. The van der Waals surface area contributed by atoms with Gasteiger partial charge in [0.2, 0.25) is 0 Å². The Kier molecular flexibility index (Phi) is 4.53. The van der Waals surface area contributed by atoms with Gasteiger partial charge in [0.15, 0.2) is 0 Å². The van der Waals surface area contributed by atoms with Crippen LogP contribution in [0.4, 0.5) is 5.69 Å². The molecule has 1 saturated heterocycles. The number of pyridine rings is 1. The van der Waals surface area contributed by atoms with Crippen LogP contribution in [-0.4, -0.2) is 44.2 Å². The number of rotatable bonds is 4. The van der Waals surface area contributed by atoms with Gasteiger partial charge in [-0.2, -0.15) is 0 Å². The number of hydrogen-bond donors (Lipinski definition) is 1. The maximum Gasteiger partial charge on any atom is 0.305 e.